The summed E-state index contributed by atoms with van der Waals surface area (Å²) in [4.78, 5) is 26.6. The van der Waals surface area contributed by atoms with E-state index >= 15 is 0 Å². The summed E-state index contributed by atoms with van der Waals surface area (Å²) in [6, 6.07) is 11.8. The maximum atomic E-state index is 11.2. The second-order valence-electron chi connectivity index (χ2n) is 6.32. The van der Waals surface area contributed by atoms with Crippen LogP contribution in [0.4, 0.5) is 5.95 Å². The number of benzene rings is 1. The van der Waals surface area contributed by atoms with Gasteiger partial charge in [0.05, 0.1) is 6.10 Å². The largest absolute Gasteiger partial charge is 0.469 e. The van der Waals surface area contributed by atoms with Crippen molar-refractivity contribution < 1.29 is 18.9 Å². The molecule has 0 radical (unpaired) electrons. The molecular weight excluding hydrogens is 353 g/mol. The quantitative estimate of drug-likeness (QED) is 0.542. The Kier molecular flexibility index (Phi) is 7.72. The Labute approximate surface area is 154 Å². The lowest BCUT2D eigenvalue weighted by Crippen LogP contribution is -2.24. The first-order chi connectivity index (χ1) is 12.4. The number of nitrogens with zero attached hydrogens (tertiary/aromatic N) is 2. The predicted octanol–water partition coefficient (Wildman–Crippen LogP) is 3.59. The number of anilines is 1. The molecule has 0 fully saturated rings. The van der Waals surface area contributed by atoms with E-state index in [1.54, 1.807) is 18.5 Å². The molecule has 7 nitrogen and oxygen atoms in total. The highest BCUT2D eigenvalue weighted by Crippen LogP contribution is 2.41. The number of nitrogens with one attached hydrogen (secondary N) is 1. The lowest BCUT2D eigenvalue weighted by Gasteiger charge is -2.27. The van der Waals surface area contributed by atoms with E-state index < -0.39 is 13.9 Å². The molecule has 142 valence electrons. The zero-order chi connectivity index (χ0) is 19.0. The molecule has 8 heteroatoms. The molecule has 0 aliphatic rings. The molecule has 1 aromatic carbocycles. The third-order valence-corrected chi connectivity index (χ3v) is 4.85. The van der Waals surface area contributed by atoms with Crippen molar-refractivity contribution in [2.24, 2.45) is 5.92 Å². The van der Waals surface area contributed by atoms with Crippen molar-refractivity contribution in [1.82, 2.24) is 9.97 Å². The Hall–Kier alpha value is -1.79. The van der Waals surface area contributed by atoms with Crippen molar-refractivity contribution in [3.05, 3.63) is 54.4 Å². The molecule has 1 aromatic heterocycles. The van der Waals surface area contributed by atoms with Crippen molar-refractivity contribution in [1.29, 1.82) is 0 Å². The number of aromatic nitrogens is 2. The highest BCUT2D eigenvalue weighted by molar-refractivity contribution is 7.46. The van der Waals surface area contributed by atoms with Crippen LogP contribution in [0, 0.1) is 5.92 Å². The first-order valence-electron chi connectivity index (χ1n) is 8.68. The summed E-state index contributed by atoms with van der Waals surface area (Å²) in [6.07, 6.45) is 4.09. The van der Waals surface area contributed by atoms with Gasteiger partial charge in [-0.1, -0.05) is 44.2 Å². The number of phosphoric acid groups is 1. The molecule has 3 atom stereocenters. The third-order valence-electron chi connectivity index (χ3n) is 4.31. The maximum absolute atomic E-state index is 11.2. The van der Waals surface area contributed by atoms with Gasteiger partial charge in [0.1, 0.15) is 0 Å². The lowest BCUT2D eigenvalue weighted by molar-refractivity contribution is 0.0852. The van der Waals surface area contributed by atoms with Gasteiger partial charge in [0, 0.05) is 24.9 Å². The summed E-state index contributed by atoms with van der Waals surface area (Å²) in [5.41, 5.74) is 1.15. The molecule has 0 spiro atoms. The highest BCUT2D eigenvalue weighted by atomic mass is 31.2. The molecule has 0 aliphatic carbocycles. The molecule has 0 bridgehead atoms. The third kappa shape index (κ3) is 6.84. The van der Waals surface area contributed by atoms with E-state index in [0.717, 1.165) is 5.56 Å². The number of hydrogen-bond acceptors (Lipinski definition) is 5. The predicted molar refractivity (Wildman–Crippen MR) is 101 cm³/mol. The van der Waals surface area contributed by atoms with Crippen LogP contribution < -0.4 is 5.32 Å². The van der Waals surface area contributed by atoms with E-state index in [1.165, 1.54) is 0 Å². The van der Waals surface area contributed by atoms with Crippen molar-refractivity contribution in [3.8, 4) is 0 Å². The SMILES string of the molecule is CCC(OP(=O)(O)O)C(C)CC(CNc1ncccn1)c1ccccc1. The normalized spacial score (nSPS) is 15.2. The number of hydrogen-bond donors (Lipinski definition) is 3. The van der Waals surface area contributed by atoms with Gasteiger partial charge in [-0.3, -0.25) is 4.52 Å². The zero-order valence-corrected chi connectivity index (χ0v) is 15.9. The smallest absolute Gasteiger partial charge is 0.354 e. The average Bonchev–Trinajstić information content (AvgIpc) is 2.63. The molecule has 3 unspecified atom stereocenters. The lowest BCUT2D eigenvalue weighted by atomic mass is 9.86. The minimum atomic E-state index is -4.51. The van der Waals surface area contributed by atoms with Gasteiger partial charge in [0.2, 0.25) is 5.95 Å². The minimum absolute atomic E-state index is 0.0312. The summed E-state index contributed by atoms with van der Waals surface area (Å²) < 4.78 is 16.2. The van der Waals surface area contributed by atoms with Gasteiger partial charge in [-0.05, 0) is 30.4 Å². The molecule has 0 saturated carbocycles. The van der Waals surface area contributed by atoms with Crippen LogP contribution in [0.1, 0.15) is 38.2 Å². The van der Waals surface area contributed by atoms with Crippen LogP contribution in [-0.4, -0.2) is 32.4 Å². The van der Waals surface area contributed by atoms with E-state index in [1.807, 2.05) is 32.0 Å². The monoisotopic (exact) mass is 379 g/mol. The van der Waals surface area contributed by atoms with Crippen LogP contribution in [0.2, 0.25) is 0 Å². The second kappa shape index (κ2) is 9.78. The van der Waals surface area contributed by atoms with Crippen molar-refractivity contribution >= 4 is 13.8 Å². The molecule has 26 heavy (non-hydrogen) atoms. The van der Waals surface area contributed by atoms with Gasteiger partial charge in [-0.2, -0.15) is 0 Å². The second-order valence-corrected chi connectivity index (χ2v) is 7.51. The summed E-state index contributed by atoms with van der Waals surface area (Å²) in [5, 5.41) is 3.24. The molecule has 2 rings (SSSR count). The van der Waals surface area contributed by atoms with E-state index in [9.17, 15) is 4.57 Å². The van der Waals surface area contributed by atoms with Crippen molar-refractivity contribution in [2.75, 3.05) is 11.9 Å². The number of rotatable bonds is 10. The van der Waals surface area contributed by atoms with Gasteiger partial charge in [-0.25, -0.2) is 14.5 Å². The van der Waals surface area contributed by atoms with Crippen molar-refractivity contribution in [2.45, 2.75) is 38.7 Å². The summed E-state index contributed by atoms with van der Waals surface area (Å²) in [5.74, 6) is 0.653. The Bertz CT molecular complexity index is 696. The van der Waals surface area contributed by atoms with Gasteiger partial charge < -0.3 is 15.1 Å². The fraction of sp³-hybridized carbons (Fsp3) is 0.444. The summed E-state index contributed by atoms with van der Waals surface area (Å²) in [7, 11) is -4.51. The average molecular weight is 379 g/mol. The van der Waals surface area contributed by atoms with Gasteiger partial charge in [-0.15, -0.1) is 0 Å². The van der Waals surface area contributed by atoms with Crippen molar-refractivity contribution in [3.63, 3.8) is 0 Å². The Balaban J connectivity index is 2.09. The van der Waals surface area contributed by atoms with E-state index in [-0.39, 0.29) is 11.8 Å². The summed E-state index contributed by atoms with van der Waals surface area (Å²) in [6.45, 7) is 4.44. The molecule has 2 aromatic rings. The highest BCUT2D eigenvalue weighted by Gasteiger charge is 2.28. The van der Waals surface area contributed by atoms with E-state index in [4.69, 9.17) is 14.3 Å². The van der Waals surface area contributed by atoms with E-state index in [2.05, 4.69) is 27.4 Å². The Morgan fingerprint density at radius 1 is 1.15 bits per heavy atom. The van der Waals surface area contributed by atoms with Crippen LogP contribution in [0.5, 0.6) is 0 Å². The van der Waals surface area contributed by atoms with Gasteiger partial charge in [0.25, 0.3) is 0 Å². The molecule has 0 saturated heterocycles. The van der Waals surface area contributed by atoms with Crippen LogP contribution in [-0.2, 0) is 9.09 Å². The van der Waals surface area contributed by atoms with Crippen LogP contribution >= 0.6 is 7.82 Å². The standard InChI is InChI=1S/C18H26N3O4P/c1-3-17(25-26(22,23)24)14(2)12-16(15-8-5-4-6-9-15)13-21-18-19-10-7-11-20-18/h4-11,14,16-17H,3,12-13H2,1-2H3,(H,19,20,21)(H2,22,23,24). The van der Waals surface area contributed by atoms with Crippen LogP contribution in [0.3, 0.4) is 0 Å². The van der Waals surface area contributed by atoms with E-state index in [0.29, 0.717) is 25.3 Å². The topological polar surface area (TPSA) is 105 Å². The first kappa shape index (κ1) is 20.5. The minimum Gasteiger partial charge on any atom is -0.354 e. The van der Waals surface area contributed by atoms with Crippen LogP contribution in [0.25, 0.3) is 0 Å². The van der Waals surface area contributed by atoms with Crippen LogP contribution in [0.15, 0.2) is 48.8 Å². The fourth-order valence-corrected chi connectivity index (χ4v) is 3.73. The molecule has 1 heterocycles. The fourth-order valence-electron chi connectivity index (χ4n) is 3.03. The van der Waals surface area contributed by atoms with Gasteiger partial charge >= 0.3 is 7.82 Å². The number of phosphoric ester groups is 1. The molecule has 0 aliphatic heterocycles. The Morgan fingerprint density at radius 3 is 2.38 bits per heavy atom. The Morgan fingerprint density at radius 2 is 1.81 bits per heavy atom. The maximum Gasteiger partial charge on any atom is 0.469 e. The first-order valence-corrected chi connectivity index (χ1v) is 10.2. The molecule has 3 N–H and O–H groups in total. The molecular formula is C18H26N3O4P. The molecule has 0 amide bonds. The summed E-state index contributed by atoms with van der Waals surface area (Å²) >= 11 is 0. The van der Waals surface area contributed by atoms with Gasteiger partial charge in [0.15, 0.2) is 0 Å². The zero-order valence-electron chi connectivity index (χ0n) is 15.0.